The molecule has 1 spiro atoms. The summed E-state index contributed by atoms with van der Waals surface area (Å²) in [6.07, 6.45) is 2.54. The van der Waals surface area contributed by atoms with Crippen molar-refractivity contribution in [2.75, 3.05) is 33.4 Å². The number of hydrogen-bond donors (Lipinski definition) is 1. The number of benzene rings is 1. The SMILES string of the molecule is COCC(=O)NC[C@H]1[C@H]2CN(Cc3ccc(Cl)cc3C)C[C@]23CC[C@H]1O3. The molecule has 3 heterocycles. The molecule has 0 saturated carbocycles. The van der Waals surface area contributed by atoms with E-state index >= 15 is 0 Å². The van der Waals surface area contributed by atoms with Gasteiger partial charge in [-0.3, -0.25) is 9.69 Å². The Morgan fingerprint density at radius 1 is 1.50 bits per heavy atom. The van der Waals surface area contributed by atoms with Crippen molar-refractivity contribution in [3.05, 3.63) is 34.3 Å². The summed E-state index contributed by atoms with van der Waals surface area (Å²) in [5, 5.41) is 3.81. The molecule has 3 fully saturated rings. The second kappa shape index (κ2) is 7.12. The zero-order valence-corrected chi connectivity index (χ0v) is 16.2. The van der Waals surface area contributed by atoms with E-state index in [2.05, 4.69) is 23.2 Å². The molecule has 1 amide bonds. The number of likely N-dealkylation sites (tertiary alicyclic amines) is 1. The molecular formula is C20H27ClN2O3. The fourth-order valence-corrected chi connectivity index (χ4v) is 5.40. The first-order chi connectivity index (χ1) is 12.5. The van der Waals surface area contributed by atoms with Crippen LogP contribution in [0.15, 0.2) is 18.2 Å². The third-order valence-electron chi connectivity index (χ3n) is 6.36. The summed E-state index contributed by atoms with van der Waals surface area (Å²) in [5.74, 6) is 0.855. The fourth-order valence-electron chi connectivity index (χ4n) is 5.17. The van der Waals surface area contributed by atoms with Crippen molar-refractivity contribution in [2.45, 2.75) is 38.0 Å². The number of methoxy groups -OCH3 is 1. The van der Waals surface area contributed by atoms with Crippen LogP contribution in [0.2, 0.25) is 5.02 Å². The van der Waals surface area contributed by atoms with Crippen molar-refractivity contribution in [2.24, 2.45) is 11.8 Å². The Morgan fingerprint density at radius 3 is 3.12 bits per heavy atom. The van der Waals surface area contributed by atoms with Gasteiger partial charge in [0.1, 0.15) is 6.61 Å². The van der Waals surface area contributed by atoms with Gasteiger partial charge in [0.2, 0.25) is 5.91 Å². The van der Waals surface area contributed by atoms with Crippen LogP contribution in [0, 0.1) is 18.8 Å². The molecule has 1 aromatic carbocycles. The molecule has 5 nitrogen and oxygen atoms in total. The van der Waals surface area contributed by atoms with Crippen LogP contribution < -0.4 is 5.32 Å². The molecule has 3 saturated heterocycles. The molecule has 0 radical (unpaired) electrons. The highest BCUT2D eigenvalue weighted by Crippen LogP contribution is 2.54. The van der Waals surface area contributed by atoms with Crippen LogP contribution in [0.25, 0.3) is 0 Å². The van der Waals surface area contributed by atoms with Gasteiger partial charge in [0.25, 0.3) is 0 Å². The topological polar surface area (TPSA) is 50.8 Å². The minimum Gasteiger partial charge on any atom is -0.375 e. The second-order valence-corrected chi connectivity index (χ2v) is 8.44. The van der Waals surface area contributed by atoms with Gasteiger partial charge in [-0.2, -0.15) is 0 Å². The highest BCUT2D eigenvalue weighted by molar-refractivity contribution is 6.30. The number of aryl methyl sites for hydroxylation is 1. The van der Waals surface area contributed by atoms with E-state index in [4.69, 9.17) is 21.1 Å². The lowest BCUT2D eigenvalue weighted by atomic mass is 9.73. The van der Waals surface area contributed by atoms with E-state index in [0.29, 0.717) is 24.5 Å². The molecular weight excluding hydrogens is 352 g/mol. The number of fused-ring (bicyclic) bond motifs is 1. The monoisotopic (exact) mass is 378 g/mol. The molecule has 6 heteroatoms. The van der Waals surface area contributed by atoms with Gasteiger partial charge in [0, 0.05) is 50.1 Å². The lowest BCUT2D eigenvalue weighted by Gasteiger charge is -2.29. The first-order valence-corrected chi connectivity index (χ1v) is 9.79. The van der Waals surface area contributed by atoms with Gasteiger partial charge in [-0.1, -0.05) is 17.7 Å². The van der Waals surface area contributed by atoms with Crippen LogP contribution in [0.5, 0.6) is 0 Å². The molecule has 2 bridgehead atoms. The minimum atomic E-state index is -0.0454. The maximum Gasteiger partial charge on any atom is 0.245 e. The predicted octanol–water partition coefficient (Wildman–Crippen LogP) is 2.39. The standard InChI is InChI=1S/C20H27ClN2O3/c1-13-7-15(21)4-3-14(13)9-23-10-17-16(8-22-19(24)11-25-2)18-5-6-20(17,12-23)26-18/h3-4,7,16-18H,5-6,8-12H2,1-2H3,(H,22,24)/t16-,17+,18+,20+/m0/s1. The van der Waals surface area contributed by atoms with Crippen LogP contribution >= 0.6 is 11.6 Å². The van der Waals surface area contributed by atoms with E-state index in [0.717, 1.165) is 37.5 Å². The smallest absolute Gasteiger partial charge is 0.245 e. The number of rotatable bonds is 6. The van der Waals surface area contributed by atoms with Crippen molar-refractivity contribution >= 4 is 17.5 Å². The lowest BCUT2D eigenvalue weighted by Crippen LogP contribution is -2.42. The minimum absolute atomic E-state index is 0.0123. The number of carbonyl (C=O) groups excluding carboxylic acids is 1. The Morgan fingerprint density at radius 2 is 2.35 bits per heavy atom. The predicted molar refractivity (Wildman–Crippen MR) is 100 cm³/mol. The van der Waals surface area contributed by atoms with Gasteiger partial charge in [0.05, 0.1) is 11.7 Å². The number of nitrogens with one attached hydrogen (secondary N) is 1. The van der Waals surface area contributed by atoms with Gasteiger partial charge >= 0.3 is 0 Å². The largest absolute Gasteiger partial charge is 0.375 e. The summed E-state index contributed by atoms with van der Waals surface area (Å²) >= 11 is 6.09. The van der Waals surface area contributed by atoms with E-state index < -0.39 is 0 Å². The van der Waals surface area contributed by atoms with Gasteiger partial charge in [-0.25, -0.2) is 0 Å². The van der Waals surface area contributed by atoms with Crippen molar-refractivity contribution in [3.63, 3.8) is 0 Å². The molecule has 4 rings (SSSR count). The maximum atomic E-state index is 11.8. The Bertz CT molecular complexity index is 698. The molecule has 1 N–H and O–H groups in total. The number of nitrogens with zero attached hydrogens (tertiary/aromatic N) is 1. The molecule has 3 aliphatic rings. The summed E-state index contributed by atoms with van der Waals surface area (Å²) in [6.45, 7) is 5.87. The Hall–Kier alpha value is -1.14. The highest BCUT2D eigenvalue weighted by atomic mass is 35.5. The molecule has 0 aliphatic carbocycles. The number of amides is 1. The number of carbonyl (C=O) groups is 1. The molecule has 0 aromatic heterocycles. The summed E-state index contributed by atoms with van der Waals surface area (Å²) < 4.78 is 11.4. The van der Waals surface area contributed by atoms with Crippen LogP contribution in [-0.2, 0) is 20.8 Å². The van der Waals surface area contributed by atoms with Gasteiger partial charge in [-0.15, -0.1) is 0 Å². The van der Waals surface area contributed by atoms with Crippen LogP contribution in [-0.4, -0.2) is 55.9 Å². The first kappa shape index (κ1) is 18.2. The number of ether oxygens (including phenoxy) is 2. The van der Waals surface area contributed by atoms with Crippen molar-refractivity contribution in [1.82, 2.24) is 10.2 Å². The highest BCUT2D eigenvalue weighted by Gasteiger charge is 2.62. The summed E-state index contributed by atoms with van der Waals surface area (Å²) in [6, 6.07) is 6.13. The summed E-state index contributed by atoms with van der Waals surface area (Å²) in [7, 11) is 1.54. The van der Waals surface area contributed by atoms with E-state index in [-0.39, 0.29) is 18.1 Å². The Balaban J connectivity index is 1.42. The van der Waals surface area contributed by atoms with E-state index in [1.165, 1.54) is 11.1 Å². The van der Waals surface area contributed by atoms with Gasteiger partial charge in [-0.05, 0) is 43.0 Å². The molecule has 4 atom stereocenters. The molecule has 1 aromatic rings. The van der Waals surface area contributed by atoms with Gasteiger partial charge in [0.15, 0.2) is 0 Å². The van der Waals surface area contributed by atoms with Crippen molar-refractivity contribution in [3.8, 4) is 0 Å². The molecule has 26 heavy (non-hydrogen) atoms. The molecule has 0 unspecified atom stereocenters. The Kier molecular flexibility index (Phi) is 4.99. The van der Waals surface area contributed by atoms with E-state index in [9.17, 15) is 4.79 Å². The second-order valence-electron chi connectivity index (χ2n) is 8.01. The Labute approximate surface area is 160 Å². The fraction of sp³-hybridized carbons (Fsp3) is 0.650. The normalized spacial score (nSPS) is 32.8. The lowest BCUT2D eigenvalue weighted by molar-refractivity contribution is -0.125. The quantitative estimate of drug-likeness (QED) is 0.825. The van der Waals surface area contributed by atoms with E-state index in [1.807, 2.05) is 12.1 Å². The first-order valence-electron chi connectivity index (χ1n) is 9.41. The molecule has 3 aliphatic heterocycles. The third kappa shape index (κ3) is 3.26. The zero-order valence-electron chi connectivity index (χ0n) is 15.5. The van der Waals surface area contributed by atoms with Crippen LogP contribution in [0.4, 0.5) is 0 Å². The maximum absolute atomic E-state index is 11.8. The van der Waals surface area contributed by atoms with Crippen LogP contribution in [0.1, 0.15) is 24.0 Å². The van der Waals surface area contributed by atoms with Crippen LogP contribution in [0.3, 0.4) is 0 Å². The van der Waals surface area contributed by atoms with E-state index in [1.54, 1.807) is 7.11 Å². The average Bonchev–Trinajstić information content (AvgIpc) is 3.23. The van der Waals surface area contributed by atoms with Crippen molar-refractivity contribution < 1.29 is 14.3 Å². The zero-order chi connectivity index (χ0) is 18.3. The van der Waals surface area contributed by atoms with Gasteiger partial charge < -0.3 is 14.8 Å². The summed E-state index contributed by atoms with van der Waals surface area (Å²) in [5.41, 5.74) is 2.55. The third-order valence-corrected chi connectivity index (χ3v) is 6.60. The summed E-state index contributed by atoms with van der Waals surface area (Å²) in [4.78, 5) is 14.3. The number of hydrogen-bond acceptors (Lipinski definition) is 4. The number of halogens is 1. The molecule has 142 valence electrons. The average molecular weight is 379 g/mol. The van der Waals surface area contributed by atoms with Crippen molar-refractivity contribution in [1.29, 1.82) is 0 Å².